The van der Waals surface area contributed by atoms with Crippen LogP contribution in [0.15, 0.2) is 23.1 Å². The Morgan fingerprint density at radius 2 is 1.67 bits per heavy atom. The third-order valence-electron chi connectivity index (χ3n) is 1.83. The molecule has 0 N–H and O–H groups in total. The van der Waals surface area contributed by atoms with Gasteiger partial charge in [-0.2, -0.15) is 0 Å². The molecular weight excluding hydrogens is 218 g/mol. The van der Waals surface area contributed by atoms with Crippen molar-refractivity contribution in [2.24, 2.45) is 0 Å². The zero-order valence-electron chi connectivity index (χ0n) is 8.43. The first-order valence-corrected chi connectivity index (χ1v) is 5.89. The summed E-state index contributed by atoms with van der Waals surface area (Å²) in [6.45, 7) is 3.50. The molecule has 82 valence electrons. The van der Waals surface area contributed by atoms with Crippen molar-refractivity contribution in [2.75, 3.05) is 5.88 Å². The molecule has 0 bridgehead atoms. The lowest BCUT2D eigenvalue weighted by Gasteiger charge is -2.03. The summed E-state index contributed by atoms with van der Waals surface area (Å²) in [4.78, 5) is 9.36. The summed E-state index contributed by atoms with van der Waals surface area (Å²) in [6, 6.07) is 4.68. The largest absolute Gasteiger partial charge is 0.305 e. The second-order valence-corrected chi connectivity index (χ2v) is 5.36. The van der Waals surface area contributed by atoms with Crippen molar-refractivity contribution in [3.63, 3.8) is 0 Å². The van der Waals surface area contributed by atoms with E-state index >= 15 is 0 Å². The van der Waals surface area contributed by atoms with Gasteiger partial charge in [0.15, 0.2) is 0 Å². The van der Waals surface area contributed by atoms with Crippen LogP contribution in [0.2, 0.25) is 0 Å². The van der Waals surface area contributed by atoms with E-state index in [0.29, 0.717) is 0 Å². The Balaban J connectivity index is 3.21. The van der Waals surface area contributed by atoms with E-state index in [2.05, 4.69) is 0 Å². The Morgan fingerprint density at radius 1 is 1.20 bits per heavy atom. The molecule has 0 aliphatic heterocycles. The predicted molar refractivity (Wildman–Crippen MR) is 55.0 cm³/mol. The lowest BCUT2D eigenvalue weighted by molar-refractivity contribution is -0.458. The van der Waals surface area contributed by atoms with Gasteiger partial charge in [0.05, 0.1) is 4.90 Å². The Kier molecular flexibility index (Phi) is 3.09. The first-order chi connectivity index (χ1) is 6.81. The zero-order valence-corrected chi connectivity index (χ0v) is 9.24. The van der Waals surface area contributed by atoms with Crippen LogP contribution in [-0.4, -0.2) is 19.2 Å². The quantitative estimate of drug-likeness (QED) is 0.578. The lowest BCUT2D eigenvalue weighted by atomic mass is 10.2. The maximum Gasteiger partial charge on any atom is 0.305 e. The van der Waals surface area contributed by atoms with Gasteiger partial charge in [0, 0.05) is 4.92 Å². The van der Waals surface area contributed by atoms with E-state index in [9.17, 15) is 18.5 Å². The van der Waals surface area contributed by atoms with Crippen molar-refractivity contribution in [1.82, 2.24) is 0 Å². The molecule has 0 aliphatic rings. The van der Waals surface area contributed by atoms with Crippen molar-refractivity contribution < 1.29 is 13.3 Å². The molecule has 0 saturated heterocycles. The van der Waals surface area contributed by atoms with Crippen LogP contribution < -0.4 is 0 Å². The first-order valence-electron chi connectivity index (χ1n) is 4.24. The highest BCUT2D eigenvalue weighted by atomic mass is 32.2. The molecule has 0 saturated carbocycles. The molecule has 5 nitrogen and oxygen atoms in total. The summed E-state index contributed by atoms with van der Waals surface area (Å²) in [5.41, 5.74) is 1.55. The molecule has 0 aliphatic carbocycles. The number of hydrogen-bond donors (Lipinski definition) is 0. The van der Waals surface area contributed by atoms with E-state index < -0.39 is 20.6 Å². The topological polar surface area (TPSA) is 77.3 Å². The van der Waals surface area contributed by atoms with Gasteiger partial charge in [-0.15, -0.1) is 0 Å². The number of rotatable bonds is 3. The van der Waals surface area contributed by atoms with Gasteiger partial charge in [0.1, 0.15) is 0 Å². The van der Waals surface area contributed by atoms with Gasteiger partial charge in [0.2, 0.25) is 9.84 Å². The van der Waals surface area contributed by atoms with Gasteiger partial charge in [-0.05, 0) is 37.1 Å². The fourth-order valence-corrected chi connectivity index (χ4v) is 2.48. The minimum atomic E-state index is -3.80. The van der Waals surface area contributed by atoms with E-state index in [1.165, 1.54) is 12.1 Å². The van der Waals surface area contributed by atoms with Crippen molar-refractivity contribution in [3.05, 3.63) is 39.4 Å². The van der Waals surface area contributed by atoms with E-state index in [-0.39, 0.29) is 4.90 Å². The number of sulfone groups is 1. The van der Waals surface area contributed by atoms with Crippen molar-refractivity contribution in [1.29, 1.82) is 0 Å². The van der Waals surface area contributed by atoms with Crippen LogP contribution in [-0.2, 0) is 9.84 Å². The fourth-order valence-electron chi connectivity index (χ4n) is 1.33. The third kappa shape index (κ3) is 3.02. The molecule has 0 amide bonds. The first kappa shape index (κ1) is 11.6. The number of nitro groups is 1. The van der Waals surface area contributed by atoms with Crippen molar-refractivity contribution in [3.8, 4) is 0 Å². The average Bonchev–Trinajstić information content (AvgIpc) is 1.99. The standard InChI is InChI=1S/C9H11NO4S/c1-7-3-8(2)5-9(4-7)15(13,14)6-10(11)12/h3-5H,6H2,1-2H3. The molecule has 6 heteroatoms. The monoisotopic (exact) mass is 229 g/mol. The second kappa shape index (κ2) is 3.98. The van der Waals surface area contributed by atoms with Gasteiger partial charge in [-0.1, -0.05) is 6.07 Å². The summed E-state index contributed by atoms with van der Waals surface area (Å²) in [5.74, 6) is -1.06. The maximum absolute atomic E-state index is 11.5. The highest BCUT2D eigenvalue weighted by molar-refractivity contribution is 7.91. The van der Waals surface area contributed by atoms with Crippen LogP contribution >= 0.6 is 0 Å². The molecule has 0 spiro atoms. The van der Waals surface area contributed by atoms with E-state index in [4.69, 9.17) is 0 Å². The van der Waals surface area contributed by atoms with Gasteiger partial charge in [0.25, 0.3) is 0 Å². The minimum Gasteiger partial charge on any atom is -0.263 e. The van der Waals surface area contributed by atoms with Gasteiger partial charge in [-0.25, -0.2) is 8.42 Å². The van der Waals surface area contributed by atoms with Crippen LogP contribution in [0.5, 0.6) is 0 Å². The summed E-state index contributed by atoms with van der Waals surface area (Å²) < 4.78 is 23.0. The van der Waals surface area contributed by atoms with Crippen molar-refractivity contribution >= 4 is 9.84 Å². The molecule has 0 radical (unpaired) electrons. The molecule has 15 heavy (non-hydrogen) atoms. The second-order valence-electron chi connectivity index (χ2n) is 3.40. The Hall–Kier alpha value is -1.43. The van der Waals surface area contributed by atoms with E-state index in [1.54, 1.807) is 13.8 Å². The molecule has 1 aromatic rings. The van der Waals surface area contributed by atoms with Crippen molar-refractivity contribution in [2.45, 2.75) is 18.7 Å². The normalized spacial score (nSPS) is 11.3. The van der Waals surface area contributed by atoms with Crippen LogP contribution in [0.4, 0.5) is 0 Å². The molecule has 1 aromatic carbocycles. The highest BCUT2D eigenvalue weighted by Gasteiger charge is 2.21. The average molecular weight is 229 g/mol. The molecule has 0 unspecified atom stereocenters. The van der Waals surface area contributed by atoms with Crippen LogP contribution in [0.25, 0.3) is 0 Å². The number of hydrogen-bond acceptors (Lipinski definition) is 4. The highest BCUT2D eigenvalue weighted by Crippen LogP contribution is 2.15. The molecule has 0 heterocycles. The smallest absolute Gasteiger partial charge is 0.263 e. The molecule has 0 fully saturated rings. The summed E-state index contributed by atoms with van der Waals surface area (Å²) in [5, 5.41) is 10.2. The number of nitrogens with zero attached hydrogens (tertiary/aromatic N) is 1. The summed E-state index contributed by atoms with van der Waals surface area (Å²) >= 11 is 0. The summed E-state index contributed by atoms with van der Waals surface area (Å²) in [6.07, 6.45) is 0. The number of aryl methyl sites for hydroxylation is 2. The maximum atomic E-state index is 11.5. The molecule has 0 aromatic heterocycles. The Labute approximate surface area is 87.8 Å². The summed E-state index contributed by atoms with van der Waals surface area (Å²) in [7, 11) is -3.80. The van der Waals surface area contributed by atoms with E-state index in [1.807, 2.05) is 6.07 Å². The van der Waals surface area contributed by atoms with Gasteiger partial charge in [-0.3, -0.25) is 10.1 Å². The Bertz CT molecular complexity index is 473. The van der Waals surface area contributed by atoms with Crippen LogP contribution in [0.1, 0.15) is 11.1 Å². The lowest BCUT2D eigenvalue weighted by Crippen LogP contribution is -2.14. The Morgan fingerprint density at radius 3 is 2.07 bits per heavy atom. The minimum absolute atomic E-state index is 0.0108. The number of benzene rings is 1. The van der Waals surface area contributed by atoms with E-state index in [0.717, 1.165) is 11.1 Å². The molecule has 1 rings (SSSR count). The molecule has 0 atom stereocenters. The van der Waals surface area contributed by atoms with Crippen LogP contribution in [0.3, 0.4) is 0 Å². The fraction of sp³-hybridized carbons (Fsp3) is 0.333. The van der Waals surface area contributed by atoms with Gasteiger partial charge < -0.3 is 0 Å². The zero-order chi connectivity index (χ0) is 11.6. The third-order valence-corrected chi connectivity index (χ3v) is 3.33. The SMILES string of the molecule is Cc1cc(C)cc(S(=O)(=O)C[N+](=O)[O-])c1. The van der Waals surface area contributed by atoms with Crippen LogP contribution in [0, 0.1) is 24.0 Å². The van der Waals surface area contributed by atoms with Gasteiger partial charge >= 0.3 is 5.88 Å². The molecular formula is C9H11NO4S. The predicted octanol–water partition coefficient (Wildman–Crippen LogP) is 1.31.